The monoisotopic (exact) mass is 318 g/mol. The van der Waals surface area contributed by atoms with Crippen molar-refractivity contribution in [1.29, 1.82) is 0 Å². The third-order valence-electron chi connectivity index (χ3n) is 3.62. The molecule has 1 N–H and O–H groups in total. The molecule has 0 radical (unpaired) electrons. The maximum absolute atomic E-state index is 13.1. The largest absolute Gasteiger partial charge is 0.391 e. The summed E-state index contributed by atoms with van der Waals surface area (Å²) in [5.41, 5.74) is -0.803. The predicted molar refractivity (Wildman–Crippen MR) is 71.6 cm³/mol. The highest BCUT2D eigenvalue weighted by molar-refractivity contribution is 7.89. The first-order valence-corrected chi connectivity index (χ1v) is 7.79. The maximum atomic E-state index is 13.1. The number of benzene rings is 1. The van der Waals surface area contributed by atoms with E-state index in [0.717, 1.165) is 16.4 Å². The number of sulfonamides is 1. The van der Waals surface area contributed by atoms with E-state index in [1.165, 1.54) is 0 Å². The second kappa shape index (κ2) is 5.66. The van der Waals surface area contributed by atoms with Gasteiger partial charge in [0.1, 0.15) is 5.82 Å². The van der Waals surface area contributed by atoms with Crippen LogP contribution in [0, 0.1) is 21.8 Å². The van der Waals surface area contributed by atoms with E-state index in [9.17, 15) is 28.0 Å². The molecule has 0 amide bonds. The van der Waals surface area contributed by atoms with Crippen LogP contribution < -0.4 is 0 Å². The van der Waals surface area contributed by atoms with E-state index in [2.05, 4.69) is 0 Å². The SMILES string of the molecule is CC1CCN(S(=O)(=O)c2ccc(F)cc2[N+](=O)[O-])CC1O. The van der Waals surface area contributed by atoms with Gasteiger partial charge in [-0.2, -0.15) is 4.31 Å². The molecule has 1 aromatic rings. The van der Waals surface area contributed by atoms with Gasteiger partial charge in [0, 0.05) is 13.1 Å². The molecule has 9 heteroatoms. The van der Waals surface area contributed by atoms with Gasteiger partial charge in [0.25, 0.3) is 5.69 Å². The molecule has 2 unspecified atom stereocenters. The van der Waals surface area contributed by atoms with Crippen LogP contribution >= 0.6 is 0 Å². The molecule has 7 nitrogen and oxygen atoms in total. The molecule has 2 atom stereocenters. The minimum Gasteiger partial charge on any atom is -0.391 e. The number of halogens is 1. The molecule has 1 saturated heterocycles. The smallest absolute Gasteiger partial charge is 0.292 e. The Morgan fingerprint density at radius 1 is 1.48 bits per heavy atom. The van der Waals surface area contributed by atoms with E-state index in [4.69, 9.17) is 0 Å². The summed E-state index contributed by atoms with van der Waals surface area (Å²) >= 11 is 0. The second-order valence-corrected chi connectivity index (χ2v) is 6.97. The van der Waals surface area contributed by atoms with Crippen LogP contribution in [-0.4, -0.2) is 41.9 Å². The Kier molecular flexibility index (Phi) is 4.26. The summed E-state index contributed by atoms with van der Waals surface area (Å²) in [6.45, 7) is 1.84. The van der Waals surface area contributed by atoms with E-state index in [1.807, 2.05) is 0 Å². The quantitative estimate of drug-likeness (QED) is 0.665. The fourth-order valence-corrected chi connectivity index (χ4v) is 3.84. The van der Waals surface area contributed by atoms with Gasteiger partial charge in [-0.15, -0.1) is 0 Å². The summed E-state index contributed by atoms with van der Waals surface area (Å²) in [6.07, 6.45) is -0.372. The predicted octanol–water partition coefficient (Wildman–Crippen LogP) is 1.13. The van der Waals surface area contributed by atoms with Gasteiger partial charge >= 0.3 is 0 Å². The lowest BCUT2D eigenvalue weighted by molar-refractivity contribution is -0.388. The van der Waals surface area contributed by atoms with Gasteiger partial charge in [-0.05, 0) is 24.5 Å². The Morgan fingerprint density at radius 2 is 2.14 bits per heavy atom. The van der Waals surface area contributed by atoms with E-state index in [0.29, 0.717) is 12.5 Å². The minimum absolute atomic E-state index is 0.0420. The lowest BCUT2D eigenvalue weighted by Crippen LogP contribution is -2.45. The van der Waals surface area contributed by atoms with E-state index in [-0.39, 0.29) is 19.0 Å². The summed E-state index contributed by atoms with van der Waals surface area (Å²) in [5.74, 6) is -0.924. The number of nitro groups is 1. The molecule has 1 aliphatic heterocycles. The van der Waals surface area contributed by atoms with Crippen LogP contribution in [0.25, 0.3) is 0 Å². The van der Waals surface area contributed by atoms with Gasteiger partial charge < -0.3 is 5.11 Å². The Balaban J connectivity index is 2.43. The van der Waals surface area contributed by atoms with E-state index < -0.39 is 37.5 Å². The third-order valence-corrected chi connectivity index (χ3v) is 5.53. The highest BCUT2D eigenvalue weighted by Gasteiger charge is 2.36. The average Bonchev–Trinajstić information content (AvgIpc) is 2.41. The summed E-state index contributed by atoms with van der Waals surface area (Å²) in [4.78, 5) is 9.44. The molecule has 0 spiro atoms. The number of aliphatic hydroxyl groups excluding tert-OH is 1. The van der Waals surface area contributed by atoms with Crippen molar-refractivity contribution in [1.82, 2.24) is 4.31 Å². The van der Waals surface area contributed by atoms with Gasteiger partial charge in [0.15, 0.2) is 4.90 Å². The number of nitrogens with zero attached hydrogens (tertiary/aromatic N) is 2. The molecule has 0 bridgehead atoms. The van der Waals surface area contributed by atoms with Crippen molar-refractivity contribution >= 4 is 15.7 Å². The summed E-state index contributed by atoms with van der Waals surface area (Å²) in [6, 6.07) is 2.33. The topological polar surface area (TPSA) is 101 Å². The first-order chi connectivity index (χ1) is 9.73. The van der Waals surface area contributed by atoms with Gasteiger partial charge in [0.2, 0.25) is 10.0 Å². The summed E-state index contributed by atoms with van der Waals surface area (Å²) in [7, 11) is -4.15. The highest BCUT2D eigenvalue weighted by Crippen LogP contribution is 2.30. The fourth-order valence-electron chi connectivity index (χ4n) is 2.23. The third kappa shape index (κ3) is 3.04. The molecule has 1 aromatic carbocycles. The number of aliphatic hydroxyl groups is 1. The molecule has 1 heterocycles. The van der Waals surface area contributed by atoms with Crippen molar-refractivity contribution in [3.05, 3.63) is 34.1 Å². The summed E-state index contributed by atoms with van der Waals surface area (Å²) in [5, 5.41) is 20.7. The number of rotatable bonds is 3. The molecule has 1 fully saturated rings. The van der Waals surface area contributed by atoms with Crippen molar-refractivity contribution < 1.29 is 22.8 Å². The normalized spacial score (nSPS) is 24.0. The lowest BCUT2D eigenvalue weighted by Gasteiger charge is -2.33. The van der Waals surface area contributed by atoms with E-state index >= 15 is 0 Å². The number of hydrogen-bond acceptors (Lipinski definition) is 5. The van der Waals surface area contributed by atoms with Crippen LogP contribution in [0.4, 0.5) is 10.1 Å². The van der Waals surface area contributed by atoms with Crippen molar-refractivity contribution in [2.75, 3.05) is 13.1 Å². The summed E-state index contributed by atoms with van der Waals surface area (Å²) < 4.78 is 39.0. The van der Waals surface area contributed by atoms with Crippen molar-refractivity contribution in [3.63, 3.8) is 0 Å². The standard InChI is InChI=1S/C12H15FN2O5S/c1-8-4-5-14(7-11(8)16)21(19,20)12-3-2-9(13)6-10(12)15(17)18/h2-3,6,8,11,16H,4-5,7H2,1H3. The van der Waals surface area contributed by atoms with Crippen molar-refractivity contribution in [3.8, 4) is 0 Å². The number of piperidine rings is 1. The van der Waals surface area contributed by atoms with Gasteiger partial charge in [-0.3, -0.25) is 10.1 Å². The first kappa shape index (κ1) is 15.8. The number of β-amino-alcohol motifs (C(OH)–C–C–N with tert-alkyl or cyclic N) is 1. The fraction of sp³-hybridized carbons (Fsp3) is 0.500. The lowest BCUT2D eigenvalue weighted by atomic mass is 9.98. The molecular weight excluding hydrogens is 303 g/mol. The van der Waals surface area contributed by atoms with Crippen LogP contribution in [0.1, 0.15) is 13.3 Å². The van der Waals surface area contributed by atoms with E-state index in [1.54, 1.807) is 6.92 Å². The Hall–Kier alpha value is -1.58. The Bertz CT molecular complexity index is 664. The second-order valence-electron chi connectivity index (χ2n) is 5.07. The Labute approximate surface area is 121 Å². The first-order valence-electron chi connectivity index (χ1n) is 6.35. The van der Waals surface area contributed by atoms with Gasteiger partial charge in [-0.25, -0.2) is 12.8 Å². The van der Waals surface area contributed by atoms with Crippen LogP contribution in [0.2, 0.25) is 0 Å². The molecule has 21 heavy (non-hydrogen) atoms. The molecule has 0 aromatic heterocycles. The molecule has 0 aliphatic carbocycles. The minimum atomic E-state index is -4.15. The van der Waals surface area contributed by atoms with Crippen LogP contribution in [0.3, 0.4) is 0 Å². The zero-order valence-electron chi connectivity index (χ0n) is 11.3. The van der Waals surface area contributed by atoms with Gasteiger partial charge in [-0.1, -0.05) is 6.92 Å². The zero-order chi connectivity index (χ0) is 15.8. The zero-order valence-corrected chi connectivity index (χ0v) is 12.1. The molecule has 2 rings (SSSR count). The highest BCUT2D eigenvalue weighted by atomic mass is 32.2. The molecule has 116 valence electrons. The van der Waals surface area contributed by atoms with Crippen LogP contribution in [0.15, 0.2) is 23.1 Å². The molecule has 0 saturated carbocycles. The number of hydrogen-bond donors (Lipinski definition) is 1. The van der Waals surface area contributed by atoms with Crippen molar-refractivity contribution in [2.45, 2.75) is 24.3 Å². The molecule has 1 aliphatic rings. The molecular formula is C12H15FN2O5S. The maximum Gasteiger partial charge on any atom is 0.292 e. The van der Waals surface area contributed by atoms with Gasteiger partial charge in [0.05, 0.1) is 17.1 Å². The van der Waals surface area contributed by atoms with Crippen molar-refractivity contribution in [2.24, 2.45) is 5.92 Å². The van der Waals surface area contributed by atoms with Crippen LogP contribution in [-0.2, 0) is 10.0 Å². The van der Waals surface area contributed by atoms with Crippen LogP contribution in [0.5, 0.6) is 0 Å². The number of nitro benzene ring substituents is 1. The Morgan fingerprint density at radius 3 is 2.71 bits per heavy atom. The average molecular weight is 318 g/mol.